The highest BCUT2D eigenvalue weighted by Gasteiger charge is 2.34. The van der Waals surface area contributed by atoms with E-state index in [9.17, 15) is 4.79 Å². The summed E-state index contributed by atoms with van der Waals surface area (Å²) in [6, 6.07) is 15.7. The number of nitrogens with one attached hydrogen (secondary N) is 1. The van der Waals surface area contributed by atoms with E-state index in [2.05, 4.69) is 27.9 Å². The second kappa shape index (κ2) is 8.20. The molecule has 164 valence electrons. The Labute approximate surface area is 192 Å². The van der Waals surface area contributed by atoms with E-state index in [1.807, 2.05) is 49.4 Å². The summed E-state index contributed by atoms with van der Waals surface area (Å²) in [6.07, 6.45) is 1.31. The van der Waals surface area contributed by atoms with Gasteiger partial charge in [0, 0.05) is 52.8 Å². The lowest BCUT2D eigenvalue weighted by molar-refractivity contribution is -0.144. The number of aromatic amines is 1. The Hall–Kier alpha value is -2.93. The SMILES string of the molecule is Cc1ccnc2cc(C(N)N3CCN(Cc4cc5cc(Cl)ccc5[nH]4)[C@@H](C)C3=O)ccc12. The maximum atomic E-state index is 13.2. The van der Waals surface area contributed by atoms with Gasteiger partial charge in [0.1, 0.15) is 6.17 Å². The fourth-order valence-corrected chi connectivity index (χ4v) is 4.75. The van der Waals surface area contributed by atoms with Crippen molar-refractivity contribution in [2.75, 3.05) is 13.1 Å². The van der Waals surface area contributed by atoms with E-state index in [-0.39, 0.29) is 11.9 Å². The summed E-state index contributed by atoms with van der Waals surface area (Å²) < 4.78 is 0. The summed E-state index contributed by atoms with van der Waals surface area (Å²) in [7, 11) is 0. The van der Waals surface area contributed by atoms with Crippen molar-refractivity contribution in [3.63, 3.8) is 0 Å². The van der Waals surface area contributed by atoms with Crippen molar-refractivity contribution in [3.8, 4) is 0 Å². The average Bonchev–Trinajstić information content (AvgIpc) is 3.18. The minimum Gasteiger partial charge on any atom is -0.357 e. The van der Waals surface area contributed by atoms with Gasteiger partial charge in [-0.05, 0) is 61.4 Å². The Morgan fingerprint density at radius 2 is 2.03 bits per heavy atom. The summed E-state index contributed by atoms with van der Waals surface area (Å²) in [4.78, 5) is 25.1. The molecular weight excluding hydrogens is 422 g/mol. The van der Waals surface area contributed by atoms with Crippen LogP contribution in [0.4, 0.5) is 0 Å². The van der Waals surface area contributed by atoms with E-state index >= 15 is 0 Å². The summed E-state index contributed by atoms with van der Waals surface area (Å²) in [5, 5.41) is 2.90. The van der Waals surface area contributed by atoms with Gasteiger partial charge in [-0.3, -0.25) is 14.7 Å². The molecule has 2 atom stereocenters. The van der Waals surface area contributed by atoms with Crippen molar-refractivity contribution < 1.29 is 4.79 Å². The number of benzene rings is 2. The van der Waals surface area contributed by atoms with Gasteiger partial charge in [-0.1, -0.05) is 23.7 Å². The first kappa shape index (κ1) is 20.9. The summed E-state index contributed by atoms with van der Waals surface area (Å²) in [5.74, 6) is 0.0419. The van der Waals surface area contributed by atoms with Crippen LogP contribution in [0.15, 0.2) is 54.7 Å². The molecule has 7 heteroatoms. The molecule has 2 aromatic carbocycles. The van der Waals surface area contributed by atoms with E-state index < -0.39 is 6.17 Å². The van der Waals surface area contributed by atoms with Gasteiger partial charge < -0.3 is 15.6 Å². The van der Waals surface area contributed by atoms with Crippen LogP contribution in [0.5, 0.6) is 0 Å². The number of carbonyl (C=O) groups excluding carboxylic acids is 1. The number of aromatic nitrogens is 2. The molecule has 1 amide bonds. The van der Waals surface area contributed by atoms with E-state index in [1.165, 1.54) is 5.56 Å². The molecule has 1 aliphatic rings. The Kier molecular flexibility index (Phi) is 5.37. The Bertz CT molecular complexity index is 1320. The van der Waals surface area contributed by atoms with Crippen LogP contribution in [-0.2, 0) is 11.3 Å². The van der Waals surface area contributed by atoms with Crippen LogP contribution < -0.4 is 5.73 Å². The molecule has 1 fully saturated rings. The van der Waals surface area contributed by atoms with E-state index in [0.717, 1.165) is 39.6 Å². The fourth-order valence-electron chi connectivity index (χ4n) is 4.57. The van der Waals surface area contributed by atoms with Gasteiger partial charge in [-0.15, -0.1) is 0 Å². The lowest BCUT2D eigenvalue weighted by Gasteiger charge is -2.41. The van der Waals surface area contributed by atoms with Gasteiger partial charge in [0.2, 0.25) is 5.91 Å². The third kappa shape index (κ3) is 3.75. The predicted molar refractivity (Wildman–Crippen MR) is 128 cm³/mol. The summed E-state index contributed by atoms with van der Waals surface area (Å²) in [6.45, 7) is 6.01. The fraction of sp³-hybridized carbons (Fsp3) is 0.280. The van der Waals surface area contributed by atoms with E-state index in [4.69, 9.17) is 17.3 Å². The quantitative estimate of drug-likeness (QED) is 0.487. The third-order valence-corrected chi connectivity index (χ3v) is 6.73. The number of hydrogen-bond acceptors (Lipinski definition) is 4. The van der Waals surface area contributed by atoms with Crippen LogP contribution in [0, 0.1) is 6.92 Å². The minimum absolute atomic E-state index is 0.0419. The number of fused-ring (bicyclic) bond motifs is 2. The lowest BCUT2D eigenvalue weighted by atomic mass is 10.0. The number of piperazine rings is 1. The molecule has 0 bridgehead atoms. The van der Waals surface area contributed by atoms with Crippen LogP contribution in [-0.4, -0.2) is 44.8 Å². The molecule has 3 heterocycles. The molecule has 0 aliphatic carbocycles. The number of aryl methyl sites for hydroxylation is 1. The molecule has 0 saturated carbocycles. The number of pyridine rings is 1. The Balaban J connectivity index is 1.32. The van der Waals surface area contributed by atoms with Crippen molar-refractivity contribution in [1.82, 2.24) is 19.8 Å². The van der Waals surface area contributed by atoms with Gasteiger partial charge in [-0.25, -0.2) is 0 Å². The zero-order valence-corrected chi connectivity index (χ0v) is 18.9. The number of nitrogens with two attached hydrogens (primary N) is 1. The highest BCUT2D eigenvalue weighted by molar-refractivity contribution is 6.31. The van der Waals surface area contributed by atoms with Crippen LogP contribution in [0.3, 0.4) is 0 Å². The number of halogens is 1. The first-order chi connectivity index (χ1) is 15.4. The van der Waals surface area contributed by atoms with Gasteiger partial charge in [-0.2, -0.15) is 0 Å². The number of nitrogens with zero attached hydrogens (tertiary/aromatic N) is 3. The Morgan fingerprint density at radius 3 is 2.88 bits per heavy atom. The zero-order valence-electron chi connectivity index (χ0n) is 18.2. The molecule has 6 nitrogen and oxygen atoms in total. The van der Waals surface area contributed by atoms with Crippen molar-refractivity contribution >= 4 is 39.3 Å². The molecule has 0 spiro atoms. The van der Waals surface area contributed by atoms with Gasteiger partial charge >= 0.3 is 0 Å². The average molecular weight is 448 g/mol. The monoisotopic (exact) mass is 447 g/mol. The number of amides is 1. The summed E-state index contributed by atoms with van der Waals surface area (Å²) in [5.41, 5.74) is 11.6. The van der Waals surface area contributed by atoms with Crippen LogP contribution in [0.1, 0.15) is 29.9 Å². The number of H-pyrrole nitrogens is 1. The second-order valence-corrected chi connectivity index (χ2v) is 8.99. The van der Waals surface area contributed by atoms with Gasteiger partial charge in [0.25, 0.3) is 0 Å². The minimum atomic E-state index is -0.492. The Morgan fingerprint density at radius 1 is 1.19 bits per heavy atom. The second-order valence-electron chi connectivity index (χ2n) is 8.55. The molecule has 3 N–H and O–H groups in total. The van der Waals surface area contributed by atoms with E-state index in [0.29, 0.717) is 18.1 Å². The maximum Gasteiger partial charge on any atom is 0.241 e. The van der Waals surface area contributed by atoms with Crippen LogP contribution >= 0.6 is 11.6 Å². The number of rotatable bonds is 4. The first-order valence-corrected chi connectivity index (χ1v) is 11.2. The van der Waals surface area contributed by atoms with Gasteiger partial charge in [0.15, 0.2) is 0 Å². The van der Waals surface area contributed by atoms with Crippen molar-refractivity contribution in [2.45, 2.75) is 32.6 Å². The molecule has 32 heavy (non-hydrogen) atoms. The normalized spacial score (nSPS) is 18.6. The molecule has 5 rings (SSSR count). The van der Waals surface area contributed by atoms with Crippen molar-refractivity contribution in [3.05, 3.63) is 76.6 Å². The highest BCUT2D eigenvalue weighted by atomic mass is 35.5. The number of carbonyl (C=O) groups is 1. The third-order valence-electron chi connectivity index (χ3n) is 6.49. The van der Waals surface area contributed by atoms with Gasteiger partial charge in [0.05, 0.1) is 11.6 Å². The lowest BCUT2D eigenvalue weighted by Crippen LogP contribution is -2.57. The zero-order chi connectivity index (χ0) is 22.4. The smallest absolute Gasteiger partial charge is 0.241 e. The number of hydrogen-bond donors (Lipinski definition) is 2. The largest absolute Gasteiger partial charge is 0.357 e. The molecule has 4 aromatic rings. The van der Waals surface area contributed by atoms with Crippen molar-refractivity contribution in [2.24, 2.45) is 5.73 Å². The molecule has 1 unspecified atom stereocenters. The molecule has 1 saturated heterocycles. The van der Waals surface area contributed by atoms with Crippen LogP contribution in [0.2, 0.25) is 5.02 Å². The summed E-state index contributed by atoms with van der Waals surface area (Å²) >= 11 is 6.11. The molecular formula is C25H26ClN5O. The molecule has 1 aliphatic heterocycles. The predicted octanol–water partition coefficient (Wildman–Crippen LogP) is 4.37. The maximum absolute atomic E-state index is 13.2. The topological polar surface area (TPSA) is 78.2 Å². The standard InChI is InChI=1S/C25H26ClN5O/c1-15-7-8-28-23-13-17(3-5-21(15)23)24(27)31-10-9-30(16(2)25(31)32)14-20-12-18-11-19(26)4-6-22(18)29-20/h3-8,11-13,16,24,29H,9-10,14,27H2,1-2H3/t16-,24?/m0/s1. The molecule has 2 aromatic heterocycles. The molecule has 0 radical (unpaired) electrons. The van der Waals surface area contributed by atoms with Crippen LogP contribution in [0.25, 0.3) is 21.8 Å². The highest BCUT2D eigenvalue weighted by Crippen LogP contribution is 2.26. The van der Waals surface area contributed by atoms with E-state index in [1.54, 1.807) is 11.1 Å². The first-order valence-electron chi connectivity index (χ1n) is 10.8. The van der Waals surface area contributed by atoms with Crippen molar-refractivity contribution in [1.29, 1.82) is 0 Å².